The molecule has 1 aliphatic carbocycles. The van der Waals surface area contributed by atoms with E-state index < -0.39 is 11.7 Å². The fourth-order valence-electron chi connectivity index (χ4n) is 4.12. The number of nitrogens with zero attached hydrogens (tertiary/aromatic N) is 1. The summed E-state index contributed by atoms with van der Waals surface area (Å²) in [5, 5.41) is 3.47. The van der Waals surface area contributed by atoms with Crippen molar-refractivity contribution in [3.8, 4) is 0 Å². The number of anilines is 1. The molecule has 0 bridgehead atoms. The Morgan fingerprint density at radius 3 is 2.52 bits per heavy atom. The molecule has 1 N–H and O–H groups in total. The smallest absolute Gasteiger partial charge is 0.302 e. The molecule has 3 nitrogen and oxygen atoms in total. The number of hydrogen-bond acceptors (Lipinski definition) is 3. The molecule has 0 radical (unpaired) electrons. The van der Waals surface area contributed by atoms with Gasteiger partial charge in [0.25, 0.3) is 0 Å². The second kappa shape index (κ2) is 9.22. The van der Waals surface area contributed by atoms with Crippen molar-refractivity contribution in [3.05, 3.63) is 82.4 Å². The van der Waals surface area contributed by atoms with Gasteiger partial charge < -0.3 is 5.32 Å². The molecule has 0 spiro atoms. The number of hydrogen-bond donors (Lipinski definition) is 1. The molecule has 1 aliphatic rings. The fourth-order valence-corrected chi connectivity index (χ4v) is 4.97. The summed E-state index contributed by atoms with van der Waals surface area (Å²) in [6.07, 6.45) is 1.64. The number of carbonyl (C=O) groups is 1. The van der Waals surface area contributed by atoms with E-state index in [-0.39, 0.29) is 11.8 Å². The SMILES string of the molecule is O=C(Nc1ncc(Cc2ccc(C(F)(F)F)cc2)s1)C1CCCC(c2ccccc2)C1. The van der Waals surface area contributed by atoms with E-state index in [0.29, 0.717) is 17.5 Å². The maximum absolute atomic E-state index is 12.8. The molecule has 1 heterocycles. The van der Waals surface area contributed by atoms with Crippen molar-refractivity contribution in [2.24, 2.45) is 5.92 Å². The highest BCUT2D eigenvalue weighted by atomic mass is 32.1. The number of carbonyl (C=O) groups excluding carboxylic acids is 1. The largest absolute Gasteiger partial charge is 0.416 e. The third kappa shape index (κ3) is 5.53. The predicted molar refractivity (Wildman–Crippen MR) is 116 cm³/mol. The van der Waals surface area contributed by atoms with Crippen LogP contribution in [0.4, 0.5) is 18.3 Å². The summed E-state index contributed by atoms with van der Waals surface area (Å²) in [5.41, 5.74) is 1.40. The standard InChI is InChI=1S/C24H23F3N2OS/c25-24(26,27)20-11-9-16(10-12-20)13-21-15-28-23(31-21)29-22(30)19-8-4-7-18(14-19)17-5-2-1-3-6-17/h1-3,5-6,9-12,15,18-19H,4,7-8,13-14H2,(H,28,29,30). The molecule has 1 aromatic heterocycles. The molecule has 2 aromatic carbocycles. The Labute approximate surface area is 183 Å². The molecule has 31 heavy (non-hydrogen) atoms. The third-order valence-corrected chi connectivity index (χ3v) is 6.67. The number of rotatable bonds is 5. The summed E-state index contributed by atoms with van der Waals surface area (Å²) in [5.74, 6) is 0.356. The van der Waals surface area contributed by atoms with Crippen LogP contribution in [0.3, 0.4) is 0 Å². The lowest BCUT2D eigenvalue weighted by Crippen LogP contribution is -2.27. The van der Waals surface area contributed by atoms with Crippen molar-refractivity contribution in [1.82, 2.24) is 4.98 Å². The second-order valence-electron chi connectivity index (χ2n) is 7.96. The number of halogens is 3. The van der Waals surface area contributed by atoms with Crippen LogP contribution in [-0.2, 0) is 17.4 Å². The quantitative estimate of drug-likeness (QED) is 0.478. The van der Waals surface area contributed by atoms with Gasteiger partial charge in [0, 0.05) is 23.4 Å². The lowest BCUT2D eigenvalue weighted by molar-refractivity contribution is -0.137. The summed E-state index contributed by atoms with van der Waals surface area (Å²) in [6, 6.07) is 15.5. The monoisotopic (exact) mass is 444 g/mol. The molecule has 4 rings (SSSR count). The molecule has 0 aliphatic heterocycles. The number of nitrogens with one attached hydrogen (secondary N) is 1. The molecular formula is C24H23F3N2OS. The van der Waals surface area contributed by atoms with Crippen molar-refractivity contribution in [3.63, 3.8) is 0 Å². The molecule has 0 saturated heterocycles. The number of thiazole rings is 1. The summed E-state index contributed by atoms with van der Waals surface area (Å²) in [6.45, 7) is 0. The van der Waals surface area contributed by atoms with Crippen LogP contribution in [0.1, 0.15) is 53.2 Å². The Morgan fingerprint density at radius 2 is 1.81 bits per heavy atom. The highest BCUT2D eigenvalue weighted by Gasteiger charge is 2.30. The molecule has 1 saturated carbocycles. The highest BCUT2D eigenvalue weighted by molar-refractivity contribution is 7.15. The molecule has 1 amide bonds. The minimum Gasteiger partial charge on any atom is -0.302 e. The van der Waals surface area contributed by atoms with Crippen LogP contribution in [0.2, 0.25) is 0 Å². The van der Waals surface area contributed by atoms with Crippen LogP contribution in [0.5, 0.6) is 0 Å². The summed E-state index contributed by atoms with van der Waals surface area (Å²) in [4.78, 5) is 18.0. The normalized spacial score (nSPS) is 19.2. The van der Waals surface area contributed by atoms with Crippen LogP contribution < -0.4 is 5.32 Å². The van der Waals surface area contributed by atoms with E-state index in [0.717, 1.165) is 48.3 Å². The van der Waals surface area contributed by atoms with Gasteiger partial charge in [-0.15, -0.1) is 11.3 Å². The van der Waals surface area contributed by atoms with Crippen LogP contribution >= 0.6 is 11.3 Å². The van der Waals surface area contributed by atoms with E-state index in [1.807, 2.05) is 18.2 Å². The molecule has 3 aromatic rings. The van der Waals surface area contributed by atoms with Crippen LogP contribution in [0.15, 0.2) is 60.8 Å². The Balaban J connectivity index is 1.34. The molecule has 2 unspecified atom stereocenters. The minimum absolute atomic E-state index is 0.00365. The zero-order valence-corrected chi connectivity index (χ0v) is 17.7. The summed E-state index contributed by atoms with van der Waals surface area (Å²) >= 11 is 1.36. The second-order valence-corrected chi connectivity index (χ2v) is 9.08. The van der Waals surface area contributed by atoms with Gasteiger partial charge in [-0.05, 0) is 48.4 Å². The van der Waals surface area contributed by atoms with Crippen molar-refractivity contribution in [1.29, 1.82) is 0 Å². The number of alkyl halides is 3. The summed E-state index contributed by atoms with van der Waals surface area (Å²) < 4.78 is 38.1. The Kier molecular flexibility index (Phi) is 6.41. The average Bonchev–Trinajstić information content (AvgIpc) is 3.21. The number of amides is 1. The van der Waals surface area contributed by atoms with Crippen LogP contribution in [-0.4, -0.2) is 10.9 Å². The van der Waals surface area contributed by atoms with E-state index >= 15 is 0 Å². The maximum Gasteiger partial charge on any atom is 0.416 e. The molecule has 7 heteroatoms. The van der Waals surface area contributed by atoms with Crippen molar-refractivity contribution < 1.29 is 18.0 Å². The van der Waals surface area contributed by atoms with Gasteiger partial charge in [-0.1, -0.05) is 48.9 Å². The van der Waals surface area contributed by atoms with E-state index in [9.17, 15) is 18.0 Å². The van der Waals surface area contributed by atoms with Gasteiger partial charge in [-0.2, -0.15) is 13.2 Å². The lowest BCUT2D eigenvalue weighted by atomic mass is 9.77. The van der Waals surface area contributed by atoms with E-state index in [1.165, 1.54) is 29.0 Å². The van der Waals surface area contributed by atoms with E-state index in [1.54, 1.807) is 6.20 Å². The fraction of sp³-hybridized carbons (Fsp3) is 0.333. The van der Waals surface area contributed by atoms with Crippen molar-refractivity contribution in [2.75, 3.05) is 5.32 Å². The lowest BCUT2D eigenvalue weighted by Gasteiger charge is -2.28. The van der Waals surface area contributed by atoms with Gasteiger partial charge in [-0.3, -0.25) is 4.79 Å². The van der Waals surface area contributed by atoms with Crippen molar-refractivity contribution >= 4 is 22.4 Å². The third-order valence-electron chi connectivity index (χ3n) is 5.76. The van der Waals surface area contributed by atoms with Gasteiger partial charge in [0.1, 0.15) is 0 Å². The molecule has 2 atom stereocenters. The van der Waals surface area contributed by atoms with E-state index in [2.05, 4.69) is 22.4 Å². The van der Waals surface area contributed by atoms with E-state index in [4.69, 9.17) is 0 Å². The Bertz CT molecular complexity index is 1020. The Hall–Kier alpha value is -2.67. The summed E-state index contributed by atoms with van der Waals surface area (Å²) in [7, 11) is 0. The van der Waals surface area contributed by atoms with Crippen molar-refractivity contribution in [2.45, 2.75) is 44.2 Å². The first-order valence-electron chi connectivity index (χ1n) is 10.3. The molecule has 162 valence electrons. The van der Waals surface area contributed by atoms with Gasteiger partial charge in [-0.25, -0.2) is 4.98 Å². The van der Waals surface area contributed by atoms with Crippen LogP contribution in [0.25, 0.3) is 0 Å². The molecule has 1 fully saturated rings. The topological polar surface area (TPSA) is 42.0 Å². The Morgan fingerprint density at radius 1 is 1.06 bits per heavy atom. The highest BCUT2D eigenvalue weighted by Crippen LogP contribution is 2.37. The van der Waals surface area contributed by atoms with Gasteiger partial charge in [0.15, 0.2) is 5.13 Å². The first-order valence-corrected chi connectivity index (χ1v) is 11.2. The predicted octanol–water partition coefficient (Wildman–Crippen LogP) is 6.67. The van der Waals surface area contributed by atoms with Crippen LogP contribution in [0, 0.1) is 5.92 Å². The number of benzene rings is 2. The average molecular weight is 445 g/mol. The minimum atomic E-state index is -4.33. The maximum atomic E-state index is 12.8. The molecular weight excluding hydrogens is 421 g/mol. The number of aromatic nitrogens is 1. The zero-order chi connectivity index (χ0) is 21.8. The first-order chi connectivity index (χ1) is 14.9. The van der Waals surface area contributed by atoms with Gasteiger partial charge in [0.05, 0.1) is 5.56 Å². The zero-order valence-electron chi connectivity index (χ0n) is 16.9. The van der Waals surface area contributed by atoms with Gasteiger partial charge in [0.2, 0.25) is 5.91 Å². The first kappa shape index (κ1) is 21.6. The van der Waals surface area contributed by atoms with Gasteiger partial charge >= 0.3 is 6.18 Å².